The molecule has 1 heterocycles. The lowest BCUT2D eigenvalue weighted by atomic mass is 10.3. The van der Waals surface area contributed by atoms with Gasteiger partial charge in [-0.2, -0.15) is 0 Å². The highest BCUT2D eigenvalue weighted by molar-refractivity contribution is 6.02. The van der Waals surface area contributed by atoms with E-state index in [1.54, 1.807) is 18.2 Å². The summed E-state index contributed by atoms with van der Waals surface area (Å²) in [6, 6.07) is 3.46. The van der Waals surface area contributed by atoms with Gasteiger partial charge in [0.15, 0.2) is 5.76 Å². The Balaban J connectivity index is 2.47. The molecular weight excluding hydrogens is 214 g/mol. The summed E-state index contributed by atoms with van der Waals surface area (Å²) in [5.41, 5.74) is 0. The normalized spacial score (nSPS) is 12.5. The van der Waals surface area contributed by atoms with Crippen LogP contribution in [0.4, 0.5) is 0 Å². The van der Waals surface area contributed by atoms with Gasteiger partial charge in [-0.15, -0.1) is 0 Å². The Kier molecular flexibility index (Phi) is 5.17. The smallest absolute Gasteiger partial charge is 0.220 e. The fourth-order valence-corrected chi connectivity index (χ4v) is 1.17. The highest BCUT2D eigenvalue weighted by Crippen LogP contribution is 2.07. The molecule has 0 spiro atoms. The molecule has 0 aliphatic heterocycles. The van der Waals surface area contributed by atoms with Crippen LogP contribution in [0.25, 0.3) is 0 Å². The van der Waals surface area contributed by atoms with Gasteiger partial charge in [-0.05, 0) is 31.2 Å². The van der Waals surface area contributed by atoms with Crippen LogP contribution in [0, 0.1) is 6.92 Å². The minimum absolute atomic E-state index is 0.120. The fraction of sp³-hybridized carbons (Fsp3) is 0.214. The average Bonchev–Trinajstić information content (AvgIpc) is 2.69. The Labute approximate surface area is 102 Å². The molecule has 0 unspecified atom stereocenters. The zero-order chi connectivity index (χ0) is 12.7. The van der Waals surface area contributed by atoms with Crippen molar-refractivity contribution < 1.29 is 14.1 Å². The summed E-state index contributed by atoms with van der Waals surface area (Å²) in [5, 5.41) is 0. The van der Waals surface area contributed by atoms with Crippen molar-refractivity contribution in [3.05, 3.63) is 60.2 Å². The van der Waals surface area contributed by atoms with Crippen LogP contribution in [0.15, 0.2) is 53.1 Å². The average molecular weight is 232 g/mol. The second-order valence-electron chi connectivity index (χ2n) is 3.96. The van der Waals surface area contributed by atoms with Gasteiger partial charge in [-0.1, -0.05) is 18.2 Å². The van der Waals surface area contributed by atoms with E-state index in [-0.39, 0.29) is 5.78 Å². The summed E-state index contributed by atoms with van der Waals surface area (Å²) in [7, 11) is 4.06. The minimum atomic E-state index is -0.120. The standard InChI is InChI=1S/C14H17NO2/c1-12-9-10-14(17-12)13(16)8-6-4-5-7-11-15(2)3/h4-11H,1-3H3/p+1/b5-4+,8-6+,11-7+. The van der Waals surface area contributed by atoms with Crippen molar-refractivity contribution in [1.29, 1.82) is 0 Å². The Hall–Kier alpha value is -1.87. The predicted molar refractivity (Wildman–Crippen MR) is 68.0 cm³/mol. The number of carbonyl (C=O) groups is 1. The van der Waals surface area contributed by atoms with Crippen molar-refractivity contribution in [2.24, 2.45) is 0 Å². The molecule has 1 N–H and O–H groups in total. The SMILES string of the molecule is Cc1ccc(C(=O)/C=C/C=C/C=C/[NH+](C)C)o1. The zero-order valence-corrected chi connectivity index (χ0v) is 10.4. The number of hydrogen-bond donors (Lipinski definition) is 1. The van der Waals surface area contributed by atoms with Crippen LogP contribution >= 0.6 is 0 Å². The molecule has 0 fully saturated rings. The maximum Gasteiger partial charge on any atom is 0.220 e. The van der Waals surface area contributed by atoms with Crippen LogP contribution in [0.1, 0.15) is 16.3 Å². The molecule has 0 radical (unpaired) electrons. The maximum absolute atomic E-state index is 11.6. The Morgan fingerprint density at radius 3 is 2.47 bits per heavy atom. The van der Waals surface area contributed by atoms with Gasteiger partial charge in [-0.25, -0.2) is 0 Å². The molecule has 0 saturated carbocycles. The van der Waals surface area contributed by atoms with E-state index in [2.05, 4.69) is 0 Å². The first-order valence-electron chi connectivity index (χ1n) is 5.52. The molecule has 3 heteroatoms. The van der Waals surface area contributed by atoms with Crippen LogP contribution in [0.3, 0.4) is 0 Å². The lowest BCUT2D eigenvalue weighted by Crippen LogP contribution is -3.00. The molecule has 1 rings (SSSR count). The van der Waals surface area contributed by atoms with Gasteiger partial charge in [0, 0.05) is 0 Å². The predicted octanol–water partition coefficient (Wildman–Crippen LogP) is 1.54. The van der Waals surface area contributed by atoms with Crippen molar-refractivity contribution in [2.45, 2.75) is 6.92 Å². The summed E-state index contributed by atoms with van der Waals surface area (Å²) < 4.78 is 5.21. The molecule has 0 atom stereocenters. The fourth-order valence-electron chi connectivity index (χ4n) is 1.17. The molecule has 0 aliphatic carbocycles. The maximum atomic E-state index is 11.6. The number of carbonyl (C=O) groups excluding carboxylic acids is 1. The van der Waals surface area contributed by atoms with E-state index < -0.39 is 0 Å². The number of ketones is 1. The number of rotatable bonds is 5. The third kappa shape index (κ3) is 5.13. The Morgan fingerprint density at radius 2 is 1.88 bits per heavy atom. The number of aryl methyl sites for hydroxylation is 1. The molecule has 1 aromatic heterocycles. The summed E-state index contributed by atoms with van der Waals surface area (Å²) >= 11 is 0. The number of quaternary nitrogens is 1. The van der Waals surface area contributed by atoms with Crippen LogP contribution in [0.5, 0.6) is 0 Å². The third-order valence-corrected chi connectivity index (χ3v) is 1.99. The Bertz CT molecular complexity index is 451. The number of nitrogens with one attached hydrogen (secondary N) is 1. The van der Waals surface area contributed by atoms with Gasteiger partial charge in [0.2, 0.25) is 5.78 Å². The summed E-state index contributed by atoms with van der Waals surface area (Å²) in [6.45, 7) is 1.81. The lowest BCUT2D eigenvalue weighted by molar-refractivity contribution is -0.801. The molecule has 17 heavy (non-hydrogen) atoms. The number of furan rings is 1. The quantitative estimate of drug-likeness (QED) is 0.475. The zero-order valence-electron chi connectivity index (χ0n) is 10.4. The van der Waals surface area contributed by atoms with Gasteiger partial charge in [0.05, 0.1) is 20.3 Å². The molecule has 3 nitrogen and oxygen atoms in total. The van der Waals surface area contributed by atoms with Crippen molar-refractivity contribution in [1.82, 2.24) is 0 Å². The summed E-state index contributed by atoms with van der Waals surface area (Å²) in [4.78, 5) is 12.8. The van der Waals surface area contributed by atoms with Crippen LogP contribution in [-0.2, 0) is 0 Å². The van der Waals surface area contributed by atoms with E-state index in [1.165, 1.54) is 11.0 Å². The van der Waals surface area contributed by atoms with E-state index in [0.717, 1.165) is 5.76 Å². The molecule has 0 saturated heterocycles. The van der Waals surface area contributed by atoms with Crippen molar-refractivity contribution in [3.8, 4) is 0 Å². The van der Waals surface area contributed by atoms with Crippen LogP contribution < -0.4 is 4.90 Å². The number of allylic oxidation sites excluding steroid dienone is 5. The van der Waals surface area contributed by atoms with Gasteiger partial charge in [0.25, 0.3) is 0 Å². The largest absolute Gasteiger partial charge is 0.458 e. The highest BCUT2D eigenvalue weighted by atomic mass is 16.3. The van der Waals surface area contributed by atoms with Crippen LogP contribution in [0.2, 0.25) is 0 Å². The van der Waals surface area contributed by atoms with Gasteiger partial charge in [0.1, 0.15) is 5.76 Å². The van der Waals surface area contributed by atoms with E-state index in [9.17, 15) is 4.79 Å². The molecule has 0 amide bonds. The van der Waals surface area contributed by atoms with E-state index in [1.807, 2.05) is 45.4 Å². The molecule has 90 valence electrons. The van der Waals surface area contributed by atoms with Crippen molar-refractivity contribution >= 4 is 5.78 Å². The topological polar surface area (TPSA) is 34.7 Å². The summed E-state index contributed by atoms with van der Waals surface area (Å²) in [6.07, 6.45) is 10.8. The monoisotopic (exact) mass is 232 g/mol. The second-order valence-corrected chi connectivity index (χ2v) is 3.96. The first-order valence-corrected chi connectivity index (χ1v) is 5.52. The second kappa shape index (κ2) is 6.66. The van der Waals surface area contributed by atoms with Gasteiger partial charge in [-0.3, -0.25) is 4.79 Å². The van der Waals surface area contributed by atoms with Gasteiger partial charge >= 0.3 is 0 Å². The van der Waals surface area contributed by atoms with E-state index in [4.69, 9.17) is 4.42 Å². The van der Waals surface area contributed by atoms with Gasteiger partial charge < -0.3 is 9.32 Å². The molecule has 0 bridgehead atoms. The first-order chi connectivity index (χ1) is 8.09. The first kappa shape index (κ1) is 13.2. The molecule has 0 aliphatic rings. The van der Waals surface area contributed by atoms with Crippen molar-refractivity contribution in [2.75, 3.05) is 14.1 Å². The molecule has 1 aromatic rings. The third-order valence-electron chi connectivity index (χ3n) is 1.99. The van der Waals surface area contributed by atoms with E-state index in [0.29, 0.717) is 5.76 Å². The number of hydrogen-bond acceptors (Lipinski definition) is 2. The molecular formula is C14H18NO2+. The van der Waals surface area contributed by atoms with E-state index >= 15 is 0 Å². The molecule has 0 aromatic carbocycles. The minimum Gasteiger partial charge on any atom is -0.458 e. The summed E-state index contributed by atoms with van der Waals surface area (Å²) in [5.74, 6) is 1.000. The highest BCUT2D eigenvalue weighted by Gasteiger charge is 2.04. The van der Waals surface area contributed by atoms with Crippen LogP contribution in [-0.4, -0.2) is 19.9 Å². The lowest BCUT2D eigenvalue weighted by Gasteiger charge is -1.93. The Morgan fingerprint density at radius 1 is 1.18 bits per heavy atom. The van der Waals surface area contributed by atoms with Crippen molar-refractivity contribution in [3.63, 3.8) is 0 Å².